The van der Waals surface area contributed by atoms with Gasteiger partial charge in [-0.3, -0.25) is 14.1 Å². The van der Waals surface area contributed by atoms with Gasteiger partial charge in [0.2, 0.25) is 0 Å². The third kappa shape index (κ3) is 8.92. The Kier molecular flexibility index (Phi) is 11.7. The van der Waals surface area contributed by atoms with E-state index in [-0.39, 0.29) is 28.7 Å². The molecule has 29 heavy (non-hydrogen) atoms. The van der Waals surface area contributed by atoms with Crippen LogP contribution in [0.4, 0.5) is 0 Å². The van der Waals surface area contributed by atoms with E-state index in [4.69, 9.17) is 0 Å². The summed E-state index contributed by atoms with van der Waals surface area (Å²) in [4.78, 5) is 7.21. The summed E-state index contributed by atoms with van der Waals surface area (Å²) in [6.45, 7) is 14.0. The van der Waals surface area contributed by atoms with Crippen LogP contribution in [0.1, 0.15) is 59.1 Å². The third-order valence-electron chi connectivity index (χ3n) is 5.27. The number of aliphatic imine (C=N–C) groups is 1. The van der Waals surface area contributed by atoms with Crippen molar-refractivity contribution in [1.29, 1.82) is 0 Å². The van der Waals surface area contributed by atoms with Crippen LogP contribution in [0.3, 0.4) is 0 Å². The number of nitrogens with one attached hydrogen (secondary N) is 2. The van der Waals surface area contributed by atoms with Gasteiger partial charge in [0, 0.05) is 53.0 Å². The number of hydrogen-bond acceptors (Lipinski definition) is 3. The van der Waals surface area contributed by atoms with Crippen LogP contribution in [0.25, 0.3) is 0 Å². The fourth-order valence-electron chi connectivity index (χ4n) is 3.43. The average Bonchev–Trinajstić information content (AvgIpc) is 2.68. The summed E-state index contributed by atoms with van der Waals surface area (Å²) < 4.78 is 12.0. The second-order valence-electron chi connectivity index (χ2n) is 8.46. The smallest absolute Gasteiger partial charge is 0.191 e. The van der Waals surface area contributed by atoms with Crippen LogP contribution < -0.4 is 10.6 Å². The molecule has 2 rings (SSSR count). The molecule has 0 saturated carbocycles. The van der Waals surface area contributed by atoms with Crippen molar-refractivity contribution in [2.75, 3.05) is 31.9 Å². The molecule has 1 heterocycles. The predicted octanol–water partition coefficient (Wildman–Crippen LogP) is 3.93. The standard InChI is InChI=1S/C22H38N4OS.HI/c1-6-23-21(24-14-17-28(27)22(3,4)5)25-20-12-15-26(16-13-20)18(2)19-10-8-7-9-11-19;/h7-11,18,20H,6,12-17H2,1-5H3,(H2,23,24,25);1H. The van der Waals surface area contributed by atoms with Gasteiger partial charge in [-0.25, -0.2) is 0 Å². The minimum atomic E-state index is -0.862. The van der Waals surface area contributed by atoms with Crippen LogP contribution in [0.5, 0.6) is 0 Å². The largest absolute Gasteiger partial charge is 0.357 e. The van der Waals surface area contributed by atoms with Crippen LogP contribution in [0, 0.1) is 0 Å². The number of nitrogens with zero attached hydrogens (tertiary/aromatic N) is 2. The molecule has 1 aromatic rings. The topological polar surface area (TPSA) is 56.7 Å². The lowest BCUT2D eigenvalue weighted by Gasteiger charge is -2.37. The summed E-state index contributed by atoms with van der Waals surface area (Å²) in [6.07, 6.45) is 2.21. The molecule has 1 aliphatic heterocycles. The first-order valence-corrected chi connectivity index (χ1v) is 11.9. The molecule has 2 unspecified atom stereocenters. The monoisotopic (exact) mass is 534 g/mol. The van der Waals surface area contributed by atoms with Crippen molar-refractivity contribution in [1.82, 2.24) is 15.5 Å². The Bertz CT molecular complexity index is 640. The van der Waals surface area contributed by atoms with Gasteiger partial charge in [-0.1, -0.05) is 30.3 Å². The minimum absolute atomic E-state index is 0. The Morgan fingerprint density at radius 1 is 1.24 bits per heavy atom. The lowest BCUT2D eigenvalue weighted by molar-refractivity contribution is 0.158. The molecule has 0 aromatic heterocycles. The van der Waals surface area contributed by atoms with Crippen LogP contribution >= 0.6 is 24.0 Å². The Morgan fingerprint density at radius 3 is 2.41 bits per heavy atom. The molecule has 1 saturated heterocycles. The Hall–Kier alpha value is -0.670. The van der Waals surface area contributed by atoms with Gasteiger partial charge < -0.3 is 10.6 Å². The van der Waals surface area contributed by atoms with Gasteiger partial charge in [-0.2, -0.15) is 0 Å². The molecule has 2 N–H and O–H groups in total. The fraction of sp³-hybridized carbons (Fsp3) is 0.682. The van der Waals surface area contributed by atoms with Gasteiger partial charge in [0.25, 0.3) is 0 Å². The van der Waals surface area contributed by atoms with Crippen LogP contribution in [0.15, 0.2) is 35.3 Å². The molecule has 2 atom stereocenters. The lowest BCUT2D eigenvalue weighted by Crippen LogP contribution is -2.49. The zero-order chi connectivity index (χ0) is 20.6. The van der Waals surface area contributed by atoms with E-state index in [1.165, 1.54) is 5.56 Å². The maximum atomic E-state index is 12.2. The second-order valence-corrected chi connectivity index (χ2v) is 10.8. The van der Waals surface area contributed by atoms with Crippen molar-refractivity contribution in [3.05, 3.63) is 35.9 Å². The molecule has 5 nitrogen and oxygen atoms in total. The number of rotatable bonds is 7. The molecule has 1 aromatic carbocycles. The summed E-state index contributed by atoms with van der Waals surface area (Å²) in [5.41, 5.74) is 1.38. The van der Waals surface area contributed by atoms with Crippen molar-refractivity contribution in [2.45, 2.75) is 64.3 Å². The van der Waals surface area contributed by atoms with E-state index in [0.717, 1.165) is 38.4 Å². The van der Waals surface area contributed by atoms with E-state index in [0.29, 0.717) is 24.4 Å². The molecule has 1 fully saturated rings. The first-order valence-electron chi connectivity index (χ1n) is 10.5. The number of benzene rings is 1. The van der Waals surface area contributed by atoms with Crippen molar-refractivity contribution in [3.8, 4) is 0 Å². The van der Waals surface area contributed by atoms with Crippen LogP contribution in [-0.2, 0) is 10.8 Å². The molecule has 7 heteroatoms. The van der Waals surface area contributed by atoms with E-state index in [1.807, 2.05) is 20.8 Å². The van der Waals surface area contributed by atoms with E-state index in [2.05, 4.69) is 64.7 Å². The second kappa shape index (κ2) is 12.9. The molecule has 0 spiro atoms. The van der Waals surface area contributed by atoms with Crippen LogP contribution in [0.2, 0.25) is 0 Å². The zero-order valence-electron chi connectivity index (χ0n) is 18.6. The quantitative estimate of drug-likeness (QED) is 0.316. The first kappa shape index (κ1) is 26.4. The van der Waals surface area contributed by atoms with E-state index in [9.17, 15) is 4.21 Å². The highest BCUT2D eigenvalue weighted by Crippen LogP contribution is 2.23. The highest BCUT2D eigenvalue weighted by molar-refractivity contribution is 14.0. The summed E-state index contributed by atoms with van der Waals surface area (Å²) >= 11 is 0. The highest BCUT2D eigenvalue weighted by Gasteiger charge is 2.24. The van der Waals surface area contributed by atoms with Crippen molar-refractivity contribution < 1.29 is 4.21 Å². The Labute approximate surface area is 197 Å². The third-order valence-corrected chi connectivity index (χ3v) is 7.19. The molecule has 166 valence electrons. The minimum Gasteiger partial charge on any atom is -0.357 e. The first-order chi connectivity index (χ1) is 13.3. The van der Waals surface area contributed by atoms with Gasteiger partial charge in [0.05, 0.1) is 6.54 Å². The van der Waals surface area contributed by atoms with E-state index >= 15 is 0 Å². The van der Waals surface area contributed by atoms with Crippen molar-refractivity contribution in [3.63, 3.8) is 0 Å². The number of guanidine groups is 1. The molecule has 0 aliphatic carbocycles. The number of likely N-dealkylation sites (tertiary alicyclic amines) is 1. The summed E-state index contributed by atoms with van der Waals surface area (Å²) in [6, 6.07) is 11.6. The molecule has 1 aliphatic rings. The van der Waals surface area contributed by atoms with Gasteiger partial charge >= 0.3 is 0 Å². The Morgan fingerprint density at radius 2 is 1.86 bits per heavy atom. The predicted molar refractivity (Wildman–Crippen MR) is 137 cm³/mol. The number of halogens is 1. The summed E-state index contributed by atoms with van der Waals surface area (Å²) in [7, 11) is -0.862. The average molecular weight is 535 g/mol. The van der Waals surface area contributed by atoms with Gasteiger partial charge in [-0.05, 0) is 53.0 Å². The molecular formula is C22H39IN4OS. The highest BCUT2D eigenvalue weighted by atomic mass is 127. The van der Waals surface area contributed by atoms with Crippen molar-refractivity contribution in [2.24, 2.45) is 4.99 Å². The summed E-state index contributed by atoms with van der Waals surface area (Å²) in [5, 5.41) is 6.91. The van der Waals surface area contributed by atoms with Gasteiger partial charge in [0.15, 0.2) is 5.96 Å². The maximum absolute atomic E-state index is 12.2. The normalized spacial score (nSPS) is 18.6. The lowest BCUT2D eigenvalue weighted by atomic mass is 10.0. The molecule has 0 radical (unpaired) electrons. The van der Waals surface area contributed by atoms with Gasteiger partial charge in [-0.15, -0.1) is 24.0 Å². The number of piperidine rings is 1. The number of hydrogen-bond donors (Lipinski definition) is 2. The molecule has 0 amide bonds. The SMILES string of the molecule is CCNC(=NCCS(=O)C(C)(C)C)NC1CCN(C(C)c2ccccc2)CC1.I. The fourth-order valence-corrected chi connectivity index (χ4v) is 4.30. The summed E-state index contributed by atoms with van der Waals surface area (Å²) in [5.74, 6) is 1.45. The van der Waals surface area contributed by atoms with Gasteiger partial charge in [0.1, 0.15) is 0 Å². The van der Waals surface area contributed by atoms with E-state index < -0.39 is 10.8 Å². The van der Waals surface area contributed by atoms with E-state index in [1.54, 1.807) is 0 Å². The Balaban J connectivity index is 0.00000420. The van der Waals surface area contributed by atoms with Crippen molar-refractivity contribution >= 4 is 40.7 Å². The molecule has 0 bridgehead atoms. The molecular weight excluding hydrogens is 495 g/mol. The maximum Gasteiger partial charge on any atom is 0.191 e. The van der Waals surface area contributed by atoms with Crippen LogP contribution in [-0.4, -0.2) is 57.8 Å². The zero-order valence-corrected chi connectivity index (χ0v) is 21.8.